The molecule has 3 rings (SSSR count). The van der Waals surface area contributed by atoms with Crippen LogP contribution in [0.1, 0.15) is 31.0 Å². The van der Waals surface area contributed by atoms with Gasteiger partial charge in [-0.1, -0.05) is 25.4 Å². The third-order valence-corrected chi connectivity index (χ3v) is 4.93. The number of aromatic nitrogens is 3. The van der Waals surface area contributed by atoms with Crippen molar-refractivity contribution < 1.29 is 14.3 Å². The molecule has 0 bridgehead atoms. The van der Waals surface area contributed by atoms with Crippen molar-refractivity contribution in [1.29, 1.82) is 0 Å². The number of ether oxygens (including phenoxy) is 2. The van der Waals surface area contributed by atoms with Gasteiger partial charge in [-0.3, -0.25) is 15.5 Å². The van der Waals surface area contributed by atoms with Crippen molar-refractivity contribution in [2.45, 2.75) is 26.7 Å². The number of rotatable bonds is 6. The summed E-state index contributed by atoms with van der Waals surface area (Å²) in [5.74, 6) is 1.63. The van der Waals surface area contributed by atoms with Gasteiger partial charge < -0.3 is 14.8 Å². The fraction of sp³-hybridized carbons (Fsp3) is 0.350. The molecular weight excluding hydrogens is 408 g/mol. The van der Waals surface area contributed by atoms with Crippen LogP contribution in [0.3, 0.4) is 0 Å². The topological polar surface area (TPSA) is 102 Å². The minimum absolute atomic E-state index is 0.255. The fourth-order valence-corrected chi connectivity index (χ4v) is 3.45. The number of anilines is 2. The van der Waals surface area contributed by atoms with Crippen molar-refractivity contribution in [1.82, 2.24) is 20.2 Å². The van der Waals surface area contributed by atoms with Crippen molar-refractivity contribution in [2.24, 2.45) is 7.05 Å². The van der Waals surface area contributed by atoms with Crippen LogP contribution in [-0.2, 0) is 7.05 Å². The van der Waals surface area contributed by atoms with Gasteiger partial charge >= 0.3 is 6.03 Å². The number of methoxy groups -OCH3 is 2. The Morgan fingerprint density at radius 1 is 1.17 bits per heavy atom. The molecule has 1 aromatic carbocycles. The van der Waals surface area contributed by atoms with Crippen LogP contribution in [0.2, 0.25) is 5.02 Å². The summed E-state index contributed by atoms with van der Waals surface area (Å²) in [6, 6.07) is 4.55. The van der Waals surface area contributed by atoms with E-state index in [0.717, 1.165) is 22.3 Å². The number of amides is 2. The highest BCUT2D eigenvalue weighted by molar-refractivity contribution is 6.32. The van der Waals surface area contributed by atoms with Gasteiger partial charge in [0.1, 0.15) is 22.8 Å². The summed E-state index contributed by atoms with van der Waals surface area (Å²) in [7, 11) is 4.89. The lowest BCUT2D eigenvalue weighted by Crippen LogP contribution is -2.34. The van der Waals surface area contributed by atoms with Gasteiger partial charge in [0.15, 0.2) is 0 Å². The summed E-state index contributed by atoms with van der Waals surface area (Å²) in [5.41, 5.74) is 9.51. The number of pyridine rings is 1. The maximum Gasteiger partial charge on any atom is 0.338 e. The molecule has 2 amide bonds. The molecule has 0 saturated carbocycles. The molecule has 160 valence electrons. The van der Waals surface area contributed by atoms with Crippen LogP contribution in [0.15, 0.2) is 18.2 Å². The molecule has 0 aliphatic rings. The van der Waals surface area contributed by atoms with Gasteiger partial charge in [-0.25, -0.2) is 9.78 Å². The van der Waals surface area contributed by atoms with Crippen LogP contribution >= 0.6 is 11.6 Å². The average Bonchev–Trinajstić information content (AvgIpc) is 2.99. The first-order valence-corrected chi connectivity index (χ1v) is 9.71. The molecule has 0 atom stereocenters. The van der Waals surface area contributed by atoms with Crippen LogP contribution < -0.4 is 25.6 Å². The Kier molecular flexibility index (Phi) is 6.21. The Balaban J connectivity index is 1.79. The van der Waals surface area contributed by atoms with E-state index in [0.29, 0.717) is 28.0 Å². The second-order valence-electron chi connectivity index (χ2n) is 7.05. The second-order valence-corrected chi connectivity index (χ2v) is 7.46. The Labute approximate surface area is 179 Å². The van der Waals surface area contributed by atoms with Gasteiger partial charge in [-0.05, 0) is 30.5 Å². The van der Waals surface area contributed by atoms with Gasteiger partial charge in [-0.15, -0.1) is 0 Å². The number of nitrogens with zero attached hydrogens (tertiary/aromatic N) is 3. The van der Waals surface area contributed by atoms with Crippen LogP contribution in [-0.4, -0.2) is 35.0 Å². The SMILES string of the molecule is COc1cc(OC)c(NC(=O)NNc2cc(C(C)C)c3c(n2)c(C)nn3C)cc1Cl. The largest absolute Gasteiger partial charge is 0.495 e. The summed E-state index contributed by atoms with van der Waals surface area (Å²) >= 11 is 6.15. The number of nitrogens with one attached hydrogen (secondary N) is 3. The van der Waals surface area contributed by atoms with Crippen molar-refractivity contribution in [3.8, 4) is 11.5 Å². The van der Waals surface area contributed by atoms with E-state index in [9.17, 15) is 4.79 Å². The van der Waals surface area contributed by atoms with E-state index in [2.05, 4.69) is 40.1 Å². The van der Waals surface area contributed by atoms with Crippen molar-refractivity contribution >= 4 is 40.2 Å². The van der Waals surface area contributed by atoms with Gasteiger partial charge in [-0.2, -0.15) is 5.10 Å². The number of hydrazine groups is 1. The standard InChI is InChI=1S/C20H25ClN6O3/c1-10(2)12-7-17(23-18-11(3)26-27(4)19(12)18)24-25-20(28)22-14-8-13(21)15(29-5)9-16(14)30-6/h7-10H,1-6H3,(H,23,24)(H2,22,25,28). The minimum Gasteiger partial charge on any atom is -0.495 e. The van der Waals surface area contributed by atoms with E-state index in [1.54, 1.807) is 12.1 Å². The number of fused-ring (bicyclic) bond motifs is 1. The maximum atomic E-state index is 12.4. The van der Waals surface area contributed by atoms with Crippen molar-refractivity contribution in [3.05, 3.63) is 34.5 Å². The molecule has 9 nitrogen and oxygen atoms in total. The third-order valence-electron chi connectivity index (χ3n) is 4.64. The minimum atomic E-state index is -0.509. The summed E-state index contributed by atoms with van der Waals surface area (Å²) in [6.07, 6.45) is 0. The molecule has 0 fully saturated rings. The predicted molar refractivity (Wildman–Crippen MR) is 118 cm³/mol. The lowest BCUT2D eigenvalue weighted by molar-refractivity contribution is 0.253. The summed E-state index contributed by atoms with van der Waals surface area (Å²) in [4.78, 5) is 17.0. The first-order valence-electron chi connectivity index (χ1n) is 9.33. The number of carbonyl (C=O) groups is 1. The zero-order chi connectivity index (χ0) is 22.0. The highest BCUT2D eigenvalue weighted by Crippen LogP contribution is 2.35. The quantitative estimate of drug-likeness (QED) is 0.504. The molecule has 3 N–H and O–H groups in total. The number of hydrogen-bond donors (Lipinski definition) is 3. The second kappa shape index (κ2) is 8.66. The number of hydrogen-bond acceptors (Lipinski definition) is 6. The zero-order valence-corrected chi connectivity index (χ0v) is 18.5. The summed E-state index contributed by atoms with van der Waals surface area (Å²) < 4.78 is 12.3. The first kappa shape index (κ1) is 21.5. The molecule has 2 heterocycles. The molecule has 2 aromatic heterocycles. The zero-order valence-electron chi connectivity index (χ0n) is 17.8. The first-order chi connectivity index (χ1) is 14.2. The van der Waals surface area contributed by atoms with E-state index >= 15 is 0 Å². The van der Waals surface area contributed by atoms with E-state index in [-0.39, 0.29) is 5.92 Å². The van der Waals surface area contributed by atoms with E-state index in [1.807, 2.05) is 24.7 Å². The highest BCUT2D eigenvalue weighted by atomic mass is 35.5. The van der Waals surface area contributed by atoms with Crippen molar-refractivity contribution in [2.75, 3.05) is 25.0 Å². The summed E-state index contributed by atoms with van der Waals surface area (Å²) in [5, 5.41) is 7.50. The molecular formula is C20H25ClN6O3. The van der Waals surface area contributed by atoms with Gasteiger partial charge in [0.2, 0.25) is 0 Å². The Bertz CT molecular complexity index is 1100. The average molecular weight is 433 g/mol. The number of aryl methyl sites for hydroxylation is 2. The number of carbonyl (C=O) groups excluding carboxylic acids is 1. The molecule has 0 unspecified atom stereocenters. The van der Waals surface area contributed by atoms with Gasteiger partial charge in [0.05, 0.1) is 36.1 Å². The lowest BCUT2D eigenvalue weighted by Gasteiger charge is -2.15. The van der Waals surface area contributed by atoms with Crippen LogP contribution in [0.25, 0.3) is 11.0 Å². The Morgan fingerprint density at radius 2 is 1.87 bits per heavy atom. The number of halogens is 1. The third kappa shape index (κ3) is 4.20. The number of urea groups is 1. The molecule has 3 aromatic rings. The predicted octanol–water partition coefficient (Wildman–Crippen LogP) is 4.22. The van der Waals surface area contributed by atoms with Gasteiger partial charge in [0.25, 0.3) is 0 Å². The fourth-order valence-electron chi connectivity index (χ4n) is 3.21. The van der Waals surface area contributed by atoms with Crippen LogP contribution in [0.5, 0.6) is 11.5 Å². The smallest absolute Gasteiger partial charge is 0.338 e. The maximum absolute atomic E-state index is 12.4. The Hall–Kier alpha value is -3.20. The summed E-state index contributed by atoms with van der Waals surface area (Å²) in [6.45, 7) is 6.10. The van der Waals surface area contributed by atoms with Crippen LogP contribution in [0, 0.1) is 6.92 Å². The monoisotopic (exact) mass is 432 g/mol. The van der Waals surface area contributed by atoms with Crippen LogP contribution in [0.4, 0.5) is 16.3 Å². The molecule has 0 radical (unpaired) electrons. The van der Waals surface area contributed by atoms with E-state index in [1.165, 1.54) is 14.2 Å². The lowest BCUT2D eigenvalue weighted by atomic mass is 10.0. The number of benzene rings is 1. The normalized spacial score (nSPS) is 10.9. The van der Waals surface area contributed by atoms with Gasteiger partial charge in [0, 0.05) is 13.1 Å². The highest BCUT2D eigenvalue weighted by Gasteiger charge is 2.16. The molecule has 30 heavy (non-hydrogen) atoms. The Morgan fingerprint density at radius 3 is 2.50 bits per heavy atom. The molecule has 0 aliphatic carbocycles. The molecule has 0 spiro atoms. The van der Waals surface area contributed by atoms with Crippen molar-refractivity contribution in [3.63, 3.8) is 0 Å². The molecule has 0 saturated heterocycles. The molecule has 10 heteroatoms. The molecule has 0 aliphatic heterocycles. The van der Waals surface area contributed by atoms with E-state index < -0.39 is 6.03 Å². The van der Waals surface area contributed by atoms with E-state index in [4.69, 9.17) is 21.1 Å².